The van der Waals surface area contributed by atoms with Crippen LogP contribution < -0.4 is 0 Å². The van der Waals surface area contributed by atoms with Gasteiger partial charge in [0.1, 0.15) is 0 Å². The lowest BCUT2D eigenvalue weighted by Gasteiger charge is -2.31. The summed E-state index contributed by atoms with van der Waals surface area (Å²) in [6, 6.07) is 0. The number of rotatable bonds is 4. The fraction of sp³-hybridized carbons (Fsp3) is 0.867. The molecule has 0 atom stereocenters. The SMILES string of the molecule is CCOC(=O)C1CCN(C(=O)CCC(C)(C)C)CC1. The van der Waals surface area contributed by atoms with Crippen molar-refractivity contribution in [2.75, 3.05) is 19.7 Å². The minimum atomic E-state index is -0.107. The van der Waals surface area contributed by atoms with Gasteiger partial charge in [0, 0.05) is 19.5 Å². The zero-order valence-electron chi connectivity index (χ0n) is 12.7. The number of hydrogen-bond acceptors (Lipinski definition) is 3. The summed E-state index contributed by atoms with van der Waals surface area (Å²) in [6.07, 6.45) is 2.98. The summed E-state index contributed by atoms with van der Waals surface area (Å²) in [6.45, 7) is 10.1. The predicted molar refractivity (Wildman–Crippen MR) is 74.6 cm³/mol. The van der Waals surface area contributed by atoms with Gasteiger partial charge in [-0.2, -0.15) is 0 Å². The molecule has 0 aromatic rings. The minimum Gasteiger partial charge on any atom is -0.466 e. The van der Waals surface area contributed by atoms with Crippen LogP contribution in [0.15, 0.2) is 0 Å². The first-order valence-corrected chi connectivity index (χ1v) is 7.28. The molecule has 1 rings (SSSR count). The second-order valence-corrected chi connectivity index (χ2v) is 6.47. The molecule has 4 heteroatoms. The second kappa shape index (κ2) is 6.92. The van der Waals surface area contributed by atoms with Gasteiger partial charge in [0.25, 0.3) is 0 Å². The molecule has 1 amide bonds. The Hall–Kier alpha value is -1.06. The fourth-order valence-corrected chi connectivity index (χ4v) is 2.26. The van der Waals surface area contributed by atoms with Crippen molar-refractivity contribution in [2.24, 2.45) is 11.3 Å². The Balaban J connectivity index is 2.33. The maximum Gasteiger partial charge on any atom is 0.309 e. The van der Waals surface area contributed by atoms with Crippen molar-refractivity contribution in [2.45, 2.75) is 53.4 Å². The normalized spacial score (nSPS) is 17.4. The third-order valence-electron chi connectivity index (χ3n) is 3.56. The average molecular weight is 269 g/mol. The van der Waals surface area contributed by atoms with E-state index in [1.807, 2.05) is 11.8 Å². The van der Waals surface area contributed by atoms with Gasteiger partial charge in [-0.1, -0.05) is 20.8 Å². The number of piperidine rings is 1. The van der Waals surface area contributed by atoms with Crippen molar-refractivity contribution >= 4 is 11.9 Å². The first kappa shape index (κ1) is 16.0. The van der Waals surface area contributed by atoms with Gasteiger partial charge in [-0.25, -0.2) is 0 Å². The molecule has 19 heavy (non-hydrogen) atoms. The molecule has 1 fully saturated rings. The molecule has 1 saturated heterocycles. The summed E-state index contributed by atoms with van der Waals surface area (Å²) in [5, 5.41) is 0. The van der Waals surface area contributed by atoms with Crippen molar-refractivity contribution in [1.29, 1.82) is 0 Å². The molecular weight excluding hydrogens is 242 g/mol. The number of esters is 1. The molecule has 0 aromatic heterocycles. The van der Waals surface area contributed by atoms with E-state index in [0.29, 0.717) is 26.1 Å². The molecule has 0 radical (unpaired) electrons. The zero-order chi connectivity index (χ0) is 14.5. The number of likely N-dealkylation sites (tertiary alicyclic amines) is 1. The lowest BCUT2D eigenvalue weighted by molar-refractivity contribution is -0.151. The third kappa shape index (κ3) is 5.62. The number of nitrogens with zero attached hydrogens (tertiary/aromatic N) is 1. The van der Waals surface area contributed by atoms with Crippen LogP contribution in [0.25, 0.3) is 0 Å². The quantitative estimate of drug-likeness (QED) is 0.737. The Bertz CT molecular complexity index is 312. The largest absolute Gasteiger partial charge is 0.466 e. The van der Waals surface area contributed by atoms with Gasteiger partial charge in [-0.15, -0.1) is 0 Å². The number of ether oxygens (including phenoxy) is 1. The molecule has 1 heterocycles. The van der Waals surface area contributed by atoms with Crippen molar-refractivity contribution < 1.29 is 14.3 Å². The van der Waals surface area contributed by atoms with Crippen LogP contribution in [0.3, 0.4) is 0 Å². The van der Waals surface area contributed by atoms with Gasteiger partial charge in [0.15, 0.2) is 0 Å². The van der Waals surface area contributed by atoms with Crippen LogP contribution in [0.4, 0.5) is 0 Å². The molecular formula is C15H27NO3. The zero-order valence-corrected chi connectivity index (χ0v) is 12.7. The van der Waals surface area contributed by atoms with Gasteiger partial charge >= 0.3 is 5.97 Å². The van der Waals surface area contributed by atoms with Gasteiger partial charge in [-0.05, 0) is 31.6 Å². The number of carbonyl (C=O) groups excluding carboxylic acids is 2. The van der Waals surface area contributed by atoms with E-state index < -0.39 is 0 Å². The highest BCUT2D eigenvalue weighted by Crippen LogP contribution is 2.23. The molecule has 0 unspecified atom stereocenters. The van der Waals surface area contributed by atoms with Crippen LogP contribution in [0.1, 0.15) is 53.4 Å². The van der Waals surface area contributed by atoms with E-state index in [0.717, 1.165) is 19.3 Å². The molecule has 4 nitrogen and oxygen atoms in total. The maximum atomic E-state index is 12.1. The van der Waals surface area contributed by atoms with E-state index in [1.54, 1.807) is 0 Å². The molecule has 0 spiro atoms. The Morgan fingerprint density at radius 3 is 2.26 bits per heavy atom. The van der Waals surface area contributed by atoms with Crippen LogP contribution >= 0.6 is 0 Å². The van der Waals surface area contributed by atoms with E-state index in [9.17, 15) is 9.59 Å². The number of hydrogen-bond donors (Lipinski definition) is 0. The lowest BCUT2D eigenvalue weighted by Crippen LogP contribution is -2.40. The molecule has 1 aliphatic heterocycles. The van der Waals surface area contributed by atoms with E-state index in [2.05, 4.69) is 20.8 Å². The van der Waals surface area contributed by atoms with Crippen LogP contribution in [0.2, 0.25) is 0 Å². The predicted octanol–water partition coefficient (Wildman–Crippen LogP) is 2.61. The summed E-state index contributed by atoms with van der Waals surface area (Å²) >= 11 is 0. The van der Waals surface area contributed by atoms with Gasteiger partial charge in [-0.3, -0.25) is 9.59 Å². The summed E-state index contributed by atoms with van der Waals surface area (Å²) < 4.78 is 5.03. The average Bonchev–Trinajstić information content (AvgIpc) is 2.35. The van der Waals surface area contributed by atoms with Gasteiger partial charge < -0.3 is 9.64 Å². The van der Waals surface area contributed by atoms with Crippen molar-refractivity contribution in [3.05, 3.63) is 0 Å². The van der Waals surface area contributed by atoms with Crippen LogP contribution in [-0.2, 0) is 14.3 Å². The number of amides is 1. The van der Waals surface area contributed by atoms with Crippen LogP contribution in [0, 0.1) is 11.3 Å². The summed E-state index contributed by atoms with van der Waals surface area (Å²) in [5.74, 6) is 0.0909. The Kier molecular flexibility index (Phi) is 5.83. The van der Waals surface area contributed by atoms with E-state index >= 15 is 0 Å². The van der Waals surface area contributed by atoms with Gasteiger partial charge in [0.05, 0.1) is 12.5 Å². The van der Waals surface area contributed by atoms with Crippen molar-refractivity contribution in [3.63, 3.8) is 0 Å². The topological polar surface area (TPSA) is 46.6 Å². The Labute approximate surface area is 116 Å². The Morgan fingerprint density at radius 2 is 1.79 bits per heavy atom. The highest BCUT2D eigenvalue weighted by molar-refractivity contribution is 5.77. The maximum absolute atomic E-state index is 12.1. The molecule has 110 valence electrons. The summed E-state index contributed by atoms with van der Waals surface area (Å²) in [7, 11) is 0. The summed E-state index contributed by atoms with van der Waals surface area (Å²) in [4.78, 5) is 25.6. The monoisotopic (exact) mass is 269 g/mol. The van der Waals surface area contributed by atoms with E-state index in [1.165, 1.54) is 0 Å². The van der Waals surface area contributed by atoms with Crippen LogP contribution in [0.5, 0.6) is 0 Å². The van der Waals surface area contributed by atoms with Crippen molar-refractivity contribution in [3.8, 4) is 0 Å². The highest BCUT2D eigenvalue weighted by atomic mass is 16.5. The molecule has 0 N–H and O–H groups in total. The smallest absolute Gasteiger partial charge is 0.309 e. The highest BCUT2D eigenvalue weighted by Gasteiger charge is 2.28. The van der Waals surface area contributed by atoms with E-state index in [4.69, 9.17) is 4.74 Å². The van der Waals surface area contributed by atoms with Gasteiger partial charge in [0.2, 0.25) is 5.91 Å². The molecule has 0 bridgehead atoms. The molecule has 1 aliphatic rings. The molecule has 0 aromatic carbocycles. The van der Waals surface area contributed by atoms with E-state index in [-0.39, 0.29) is 23.2 Å². The van der Waals surface area contributed by atoms with Crippen LogP contribution in [-0.4, -0.2) is 36.5 Å². The minimum absolute atomic E-state index is 0.0217. The standard InChI is InChI=1S/C15H27NO3/c1-5-19-14(18)12-7-10-16(11-8-12)13(17)6-9-15(2,3)4/h12H,5-11H2,1-4H3. The fourth-order valence-electron chi connectivity index (χ4n) is 2.26. The first-order chi connectivity index (χ1) is 8.83. The Morgan fingerprint density at radius 1 is 1.21 bits per heavy atom. The molecule has 0 saturated carbocycles. The third-order valence-corrected chi connectivity index (χ3v) is 3.56. The first-order valence-electron chi connectivity index (χ1n) is 7.28. The second-order valence-electron chi connectivity index (χ2n) is 6.47. The summed E-state index contributed by atoms with van der Waals surface area (Å²) in [5.41, 5.74) is 0.193. The number of carbonyl (C=O) groups is 2. The van der Waals surface area contributed by atoms with Crippen molar-refractivity contribution in [1.82, 2.24) is 4.90 Å². The molecule has 0 aliphatic carbocycles. The lowest BCUT2D eigenvalue weighted by atomic mass is 9.90.